The number of carbonyl (C=O) groups excluding carboxylic acids is 1. The molecule has 4 nitrogen and oxygen atoms in total. The van der Waals surface area contributed by atoms with E-state index in [1.165, 1.54) is 6.07 Å². The van der Waals surface area contributed by atoms with Gasteiger partial charge in [0.15, 0.2) is 9.84 Å². The zero-order chi connectivity index (χ0) is 15.5. The van der Waals surface area contributed by atoms with Crippen LogP contribution in [0.15, 0.2) is 40.6 Å². The Hall–Kier alpha value is -1.66. The van der Waals surface area contributed by atoms with Crippen molar-refractivity contribution in [3.8, 4) is 0 Å². The maximum atomic E-state index is 12.0. The summed E-state index contributed by atoms with van der Waals surface area (Å²) in [5, 5.41) is 4.77. The molecule has 21 heavy (non-hydrogen) atoms. The Morgan fingerprint density at radius 2 is 2.05 bits per heavy atom. The van der Waals surface area contributed by atoms with Crippen molar-refractivity contribution >= 4 is 32.8 Å². The van der Waals surface area contributed by atoms with Gasteiger partial charge in [-0.25, -0.2) is 8.42 Å². The van der Waals surface area contributed by atoms with Gasteiger partial charge in [0.25, 0.3) is 0 Å². The van der Waals surface area contributed by atoms with Crippen LogP contribution in [0.1, 0.15) is 16.9 Å². The highest BCUT2D eigenvalue weighted by Gasteiger charge is 2.11. The molecule has 0 atom stereocenters. The molecule has 0 saturated heterocycles. The first-order valence-electron chi connectivity index (χ1n) is 6.49. The molecule has 1 aromatic heterocycles. The highest BCUT2D eigenvalue weighted by atomic mass is 32.2. The molecular weight excluding hydrogens is 306 g/mol. The lowest BCUT2D eigenvalue weighted by atomic mass is 10.2. The minimum Gasteiger partial charge on any atom is -0.326 e. The SMILES string of the molecule is Cc1ccc(S(C)(=O)=O)cc1NC(=O)CCc1cccs1. The van der Waals surface area contributed by atoms with Crippen molar-refractivity contribution in [2.45, 2.75) is 24.7 Å². The van der Waals surface area contributed by atoms with Crippen LogP contribution in [0.2, 0.25) is 0 Å². The lowest BCUT2D eigenvalue weighted by Crippen LogP contribution is -2.13. The van der Waals surface area contributed by atoms with Crippen LogP contribution in [-0.2, 0) is 21.1 Å². The van der Waals surface area contributed by atoms with Crippen molar-refractivity contribution in [2.75, 3.05) is 11.6 Å². The second-order valence-corrected chi connectivity index (χ2v) is 7.92. The summed E-state index contributed by atoms with van der Waals surface area (Å²) in [6.45, 7) is 1.83. The minimum atomic E-state index is -3.28. The number of rotatable bonds is 5. The molecule has 0 bridgehead atoms. The number of aryl methyl sites for hydroxylation is 2. The maximum Gasteiger partial charge on any atom is 0.224 e. The van der Waals surface area contributed by atoms with Gasteiger partial charge in [-0.1, -0.05) is 12.1 Å². The fourth-order valence-electron chi connectivity index (χ4n) is 1.87. The van der Waals surface area contributed by atoms with Crippen molar-refractivity contribution in [2.24, 2.45) is 0 Å². The molecule has 1 aromatic carbocycles. The molecule has 0 aliphatic carbocycles. The third kappa shape index (κ3) is 4.41. The van der Waals surface area contributed by atoms with Gasteiger partial charge in [-0.3, -0.25) is 4.79 Å². The van der Waals surface area contributed by atoms with Crippen LogP contribution in [0.4, 0.5) is 5.69 Å². The average Bonchev–Trinajstić information content (AvgIpc) is 2.91. The molecule has 0 radical (unpaired) electrons. The highest BCUT2D eigenvalue weighted by molar-refractivity contribution is 7.90. The second kappa shape index (κ2) is 6.41. The third-order valence-electron chi connectivity index (χ3n) is 3.09. The number of nitrogens with one attached hydrogen (secondary N) is 1. The number of thiophene rings is 1. The quantitative estimate of drug-likeness (QED) is 0.920. The molecule has 0 unspecified atom stereocenters. The Balaban J connectivity index is 2.06. The van der Waals surface area contributed by atoms with E-state index in [2.05, 4.69) is 5.32 Å². The first kappa shape index (κ1) is 15.7. The molecule has 0 spiro atoms. The summed E-state index contributed by atoms with van der Waals surface area (Å²) in [5.41, 5.74) is 1.39. The molecule has 0 saturated carbocycles. The second-order valence-electron chi connectivity index (χ2n) is 4.88. The summed E-state index contributed by atoms with van der Waals surface area (Å²) < 4.78 is 23.1. The average molecular weight is 323 g/mol. The zero-order valence-corrected chi connectivity index (χ0v) is 13.6. The molecule has 1 amide bonds. The summed E-state index contributed by atoms with van der Waals surface area (Å²) >= 11 is 1.62. The summed E-state index contributed by atoms with van der Waals surface area (Å²) in [6.07, 6.45) is 2.22. The van der Waals surface area contributed by atoms with Gasteiger partial charge in [-0.2, -0.15) is 0 Å². The van der Waals surface area contributed by atoms with Crippen LogP contribution in [0.5, 0.6) is 0 Å². The lowest BCUT2D eigenvalue weighted by Gasteiger charge is -2.10. The normalized spacial score (nSPS) is 11.3. The van der Waals surface area contributed by atoms with E-state index in [0.717, 1.165) is 16.7 Å². The van der Waals surface area contributed by atoms with E-state index in [1.807, 2.05) is 24.4 Å². The topological polar surface area (TPSA) is 63.2 Å². The van der Waals surface area contributed by atoms with E-state index in [9.17, 15) is 13.2 Å². The smallest absolute Gasteiger partial charge is 0.224 e. The van der Waals surface area contributed by atoms with Gasteiger partial charge < -0.3 is 5.32 Å². The molecule has 2 rings (SSSR count). The largest absolute Gasteiger partial charge is 0.326 e. The van der Waals surface area contributed by atoms with Crippen LogP contribution < -0.4 is 5.32 Å². The number of hydrogen-bond acceptors (Lipinski definition) is 4. The maximum absolute atomic E-state index is 12.0. The van der Waals surface area contributed by atoms with E-state index in [1.54, 1.807) is 23.5 Å². The number of benzene rings is 1. The van der Waals surface area contributed by atoms with Crippen molar-refractivity contribution in [1.29, 1.82) is 0 Å². The van der Waals surface area contributed by atoms with Crippen molar-refractivity contribution in [3.05, 3.63) is 46.2 Å². The Bertz CT molecular complexity index is 734. The summed E-state index contributed by atoms with van der Waals surface area (Å²) in [6, 6.07) is 8.70. The molecule has 112 valence electrons. The van der Waals surface area contributed by atoms with Gasteiger partial charge in [0.1, 0.15) is 0 Å². The molecule has 1 heterocycles. The molecule has 2 aromatic rings. The summed E-state index contributed by atoms with van der Waals surface area (Å²) in [7, 11) is -3.28. The van der Waals surface area contributed by atoms with Gasteiger partial charge in [0.2, 0.25) is 5.91 Å². The predicted octanol–water partition coefficient (Wildman–Crippen LogP) is 3.03. The number of anilines is 1. The van der Waals surface area contributed by atoms with Crippen molar-refractivity contribution in [3.63, 3.8) is 0 Å². The molecule has 6 heteroatoms. The van der Waals surface area contributed by atoms with Crippen molar-refractivity contribution < 1.29 is 13.2 Å². The summed E-state index contributed by atoms with van der Waals surface area (Å²) in [5.74, 6) is -0.114. The van der Waals surface area contributed by atoms with Crippen molar-refractivity contribution in [1.82, 2.24) is 0 Å². The van der Waals surface area contributed by atoms with E-state index in [0.29, 0.717) is 18.5 Å². The first-order valence-corrected chi connectivity index (χ1v) is 9.26. The Morgan fingerprint density at radius 1 is 1.29 bits per heavy atom. The highest BCUT2D eigenvalue weighted by Crippen LogP contribution is 2.20. The van der Waals surface area contributed by atoms with Gasteiger partial charge >= 0.3 is 0 Å². The number of hydrogen-bond donors (Lipinski definition) is 1. The molecule has 0 aliphatic rings. The van der Waals surface area contributed by atoms with Crippen LogP contribution in [0.3, 0.4) is 0 Å². The zero-order valence-electron chi connectivity index (χ0n) is 11.9. The Morgan fingerprint density at radius 3 is 2.67 bits per heavy atom. The Kier molecular flexibility index (Phi) is 4.80. The molecule has 0 fully saturated rings. The van der Waals surface area contributed by atoms with Crippen LogP contribution in [0, 0.1) is 6.92 Å². The van der Waals surface area contributed by atoms with Crippen LogP contribution >= 0.6 is 11.3 Å². The first-order chi connectivity index (χ1) is 9.86. The monoisotopic (exact) mass is 323 g/mol. The Labute approximate surface area is 128 Å². The molecular formula is C15H17NO3S2. The number of carbonyl (C=O) groups is 1. The van der Waals surface area contributed by atoms with Gasteiger partial charge in [-0.05, 0) is 42.5 Å². The van der Waals surface area contributed by atoms with E-state index >= 15 is 0 Å². The standard InChI is InChI=1S/C15H17NO3S2/c1-11-5-7-13(21(2,18)19)10-14(11)16-15(17)8-6-12-4-3-9-20-12/h3-5,7,9-10H,6,8H2,1-2H3,(H,16,17). The predicted molar refractivity (Wildman–Crippen MR) is 85.6 cm³/mol. The molecule has 0 aliphatic heterocycles. The van der Waals surface area contributed by atoms with Gasteiger partial charge in [0.05, 0.1) is 4.90 Å². The summed E-state index contributed by atoms with van der Waals surface area (Å²) in [4.78, 5) is 13.3. The van der Waals surface area contributed by atoms with Gasteiger partial charge in [-0.15, -0.1) is 11.3 Å². The number of sulfone groups is 1. The van der Waals surface area contributed by atoms with Crippen LogP contribution in [-0.4, -0.2) is 20.6 Å². The van der Waals surface area contributed by atoms with Crippen LogP contribution in [0.25, 0.3) is 0 Å². The van der Waals surface area contributed by atoms with E-state index in [-0.39, 0.29) is 10.8 Å². The fourth-order valence-corrected chi connectivity index (χ4v) is 3.23. The third-order valence-corrected chi connectivity index (χ3v) is 5.14. The van der Waals surface area contributed by atoms with Gasteiger partial charge in [0, 0.05) is 23.2 Å². The molecule has 1 N–H and O–H groups in total. The van der Waals surface area contributed by atoms with E-state index in [4.69, 9.17) is 0 Å². The number of amides is 1. The lowest BCUT2D eigenvalue weighted by molar-refractivity contribution is -0.116. The van der Waals surface area contributed by atoms with E-state index < -0.39 is 9.84 Å². The fraction of sp³-hybridized carbons (Fsp3) is 0.267. The minimum absolute atomic E-state index is 0.114.